The predicted octanol–water partition coefficient (Wildman–Crippen LogP) is 2.10. The van der Waals surface area contributed by atoms with Gasteiger partial charge in [0.25, 0.3) is 0 Å². The third-order valence-corrected chi connectivity index (χ3v) is 3.33. The van der Waals surface area contributed by atoms with Gasteiger partial charge in [0.1, 0.15) is 5.75 Å². The lowest BCUT2D eigenvalue weighted by molar-refractivity contribution is 0.288. The maximum absolute atomic E-state index is 5.62. The Hall–Kier alpha value is -1.06. The van der Waals surface area contributed by atoms with Gasteiger partial charge in [-0.1, -0.05) is 12.1 Å². The zero-order chi connectivity index (χ0) is 12.6. The monoisotopic (exact) mass is 248 g/mol. The highest BCUT2D eigenvalue weighted by atomic mass is 16.5. The molecule has 3 nitrogen and oxygen atoms in total. The van der Waals surface area contributed by atoms with Crippen molar-refractivity contribution in [2.24, 2.45) is 0 Å². The van der Waals surface area contributed by atoms with Crippen LogP contribution in [0.15, 0.2) is 18.2 Å². The topological polar surface area (TPSA) is 33.3 Å². The molecule has 2 rings (SSSR count). The molecule has 1 aromatic carbocycles. The van der Waals surface area contributed by atoms with Crippen molar-refractivity contribution in [1.29, 1.82) is 0 Å². The Morgan fingerprint density at radius 2 is 2.11 bits per heavy atom. The molecule has 0 unspecified atom stereocenters. The van der Waals surface area contributed by atoms with E-state index in [9.17, 15) is 0 Å². The molecule has 0 saturated heterocycles. The molecule has 0 fully saturated rings. The number of aryl methyl sites for hydroxylation is 1. The van der Waals surface area contributed by atoms with Gasteiger partial charge < -0.3 is 15.4 Å². The molecule has 0 atom stereocenters. The standard InChI is InChI=1S/C15H24N2O/c1-16-8-2-3-9-17-12-13-6-7-15-14(11-13)5-4-10-18-15/h6-7,11,16-17H,2-5,8-10,12H2,1H3. The zero-order valence-electron chi connectivity index (χ0n) is 11.3. The summed E-state index contributed by atoms with van der Waals surface area (Å²) in [7, 11) is 2.00. The Morgan fingerprint density at radius 3 is 3.00 bits per heavy atom. The second-order valence-corrected chi connectivity index (χ2v) is 4.88. The first-order valence-electron chi connectivity index (χ1n) is 7.00. The number of rotatable bonds is 7. The van der Waals surface area contributed by atoms with Gasteiger partial charge in [-0.25, -0.2) is 0 Å². The van der Waals surface area contributed by atoms with Gasteiger partial charge in [0, 0.05) is 6.54 Å². The number of ether oxygens (including phenoxy) is 1. The van der Waals surface area contributed by atoms with E-state index in [-0.39, 0.29) is 0 Å². The highest BCUT2D eigenvalue weighted by molar-refractivity contribution is 5.38. The average molecular weight is 248 g/mol. The molecule has 0 radical (unpaired) electrons. The first-order valence-corrected chi connectivity index (χ1v) is 7.00. The van der Waals surface area contributed by atoms with Crippen LogP contribution < -0.4 is 15.4 Å². The maximum atomic E-state index is 5.62. The molecule has 0 spiro atoms. The van der Waals surface area contributed by atoms with E-state index in [1.165, 1.54) is 24.0 Å². The Bertz CT molecular complexity index is 366. The summed E-state index contributed by atoms with van der Waals surface area (Å²) in [5.41, 5.74) is 2.74. The smallest absolute Gasteiger partial charge is 0.122 e. The molecule has 0 saturated carbocycles. The number of nitrogens with one attached hydrogen (secondary N) is 2. The molecule has 1 aliphatic heterocycles. The number of fused-ring (bicyclic) bond motifs is 1. The van der Waals surface area contributed by atoms with E-state index < -0.39 is 0 Å². The van der Waals surface area contributed by atoms with Crippen LogP contribution >= 0.6 is 0 Å². The average Bonchev–Trinajstić information content (AvgIpc) is 2.42. The normalized spacial score (nSPS) is 14.1. The third kappa shape index (κ3) is 4.00. The Balaban J connectivity index is 1.72. The van der Waals surface area contributed by atoms with Crippen molar-refractivity contribution in [1.82, 2.24) is 10.6 Å². The van der Waals surface area contributed by atoms with Gasteiger partial charge in [-0.2, -0.15) is 0 Å². The Labute approximate surface area is 110 Å². The van der Waals surface area contributed by atoms with Crippen molar-refractivity contribution in [2.75, 3.05) is 26.7 Å². The largest absolute Gasteiger partial charge is 0.493 e. The summed E-state index contributed by atoms with van der Waals surface area (Å²) in [6.45, 7) is 4.04. The summed E-state index contributed by atoms with van der Waals surface area (Å²) in [5, 5.41) is 6.67. The molecule has 0 aromatic heterocycles. The maximum Gasteiger partial charge on any atom is 0.122 e. The summed E-state index contributed by atoms with van der Waals surface area (Å²) in [5.74, 6) is 1.08. The van der Waals surface area contributed by atoms with Crippen LogP contribution in [0, 0.1) is 0 Å². The highest BCUT2D eigenvalue weighted by Gasteiger charge is 2.09. The lowest BCUT2D eigenvalue weighted by atomic mass is 10.0. The molecule has 1 aromatic rings. The molecule has 18 heavy (non-hydrogen) atoms. The van der Waals surface area contributed by atoms with Crippen molar-refractivity contribution < 1.29 is 4.74 Å². The van der Waals surface area contributed by atoms with E-state index in [0.29, 0.717) is 0 Å². The molecule has 1 aliphatic rings. The van der Waals surface area contributed by atoms with E-state index >= 15 is 0 Å². The van der Waals surface area contributed by atoms with Crippen LogP contribution in [0.3, 0.4) is 0 Å². The second kappa shape index (κ2) is 7.39. The van der Waals surface area contributed by atoms with E-state index in [1.807, 2.05) is 7.05 Å². The van der Waals surface area contributed by atoms with Crippen LogP contribution in [0.1, 0.15) is 30.4 Å². The van der Waals surface area contributed by atoms with Crippen molar-refractivity contribution >= 4 is 0 Å². The molecule has 0 bridgehead atoms. The van der Waals surface area contributed by atoms with E-state index in [0.717, 1.165) is 44.8 Å². The lowest BCUT2D eigenvalue weighted by Crippen LogP contribution is -2.17. The fraction of sp³-hybridized carbons (Fsp3) is 0.600. The van der Waals surface area contributed by atoms with Crippen molar-refractivity contribution in [3.8, 4) is 5.75 Å². The van der Waals surface area contributed by atoms with Gasteiger partial charge in [0.2, 0.25) is 0 Å². The SMILES string of the molecule is CNCCCCNCc1ccc2c(c1)CCCO2. The van der Waals surface area contributed by atoms with Crippen LogP contribution in [0.5, 0.6) is 5.75 Å². The fourth-order valence-electron chi connectivity index (χ4n) is 2.31. The number of hydrogen-bond acceptors (Lipinski definition) is 3. The van der Waals surface area contributed by atoms with Crippen LogP contribution in [-0.2, 0) is 13.0 Å². The minimum absolute atomic E-state index is 0.871. The van der Waals surface area contributed by atoms with Gasteiger partial charge in [-0.05, 0) is 63.0 Å². The van der Waals surface area contributed by atoms with Gasteiger partial charge in [0.05, 0.1) is 6.61 Å². The van der Waals surface area contributed by atoms with Crippen LogP contribution in [-0.4, -0.2) is 26.7 Å². The second-order valence-electron chi connectivity index (χ2n) is 4.88. The molecular formula is C15H24N2O. The van der Waals surface area contributed by atoms with Gasteiger partial charge in [-0.15, -0.1) is 0 Å². The minimum Gasteiger partial charge on any atom is -0.493 e. The molecule has 2 N–H and O–H groups in total. The number of unbranched alkanes of at least 4 members (excludes halogenated alkanes) is 1. The summed E-state index contributed by atoms with van der Waals surface area (Å²) in [6.07, 6.45) is 4.77. The van der Waals surface area contributed by atoms with Crippen LogP contribution in [0.4, 0.5) is 0 Å². The van der Waals surface area contributed by atoms with Crippen molar-refractivity contribution in [3.63, 3.8) is 0 Å². The quantitative estimate of drug-likeness (QED) is 0.725. The molecule has 0 amide bonds. The van der Waals surface area contributed by atoms with Crippen molar-refractivity contribution in [3.05, 3.63) is 29.3 Å². The van der Waals surface area contributed by atoms with Gasteiger partial charge >= 0.3 is 0 Å². The summed E-state index contributed by atoms with van der Waals surface area (Å²) in [4.78, 5) is 0. The first-order chi connectivity index (χ1) is 8.90. The Kier molecular flexibility index (Phi) is 5.49. The molecular weight excluding hydrogens is 224 g/mol. The Morgan fingerprint density at radius 1 is 1.22 bits per heavy atom. The summed E-state index contributed by atoms with van der Waals surface area (Å²) in [6, 6.07) is 6.58. The first kappa shape index (κ1) is 13.4. The van der Waals surface area contributed by atoms with Gasteiger partial charge in [0.15, 0.2) is 0 Å². The van der Waals surface area contributed by atoms with Crippen molar-refractivity contribution in [2.45, 2.75) is 32.2 Å². The van der Waals surface area contributed by atoms with E-state index in [4.69, 9.17) is 4.74 Å². The molecule has 100 valence electrons. The molecule has 1 heterocycles. The lowest BCUT2D eigenvalue weighted by Gasteiger charge is -2.18. The predicted molar refractivity (Wildman–Crippen MR) is 75.1 cm³/mol. The minimum atomic E-state index is 0.871. The summed E-state index contributed by atoms with van der Waals surface area (Å²) < 4.78 is 5.62. The molecule has 0 aliphatic carbocycles. The number of hydrogen-bond donors (Lipinski definition) is 2. The van der Waals surface area contributed by atoms with Crippen LogP contribution in [0.25, 0.3) is 0 Å². The third-order valence-electron chi connectivity index (χ3n) is 3.33. The van der Waals surface area contributed by atoms with E-state index in [2.05, 4.69) is 28.8 Å². The summed E-state index contributed by atoms with van der Waals surface area (Å²) >= 11 is 0. The number of benzene rings is 1. The van der Waals surface area contributed by atoms with E-state index in [1.54, 1.807) is 0 Å². The fourth-order valence-corrected chi connectivity index (χ4v) is 2.31. The van der Waals surface area contributed by atoms with Crippen LogP contribution in [0.2, 0.25) is 0 Å². The zero-order valence-corrected chi connectivity index (χ0v) is 11.3. The van der Waals surface area contributed by atoms with Gasteiger partial charge in [-0.3, -0.25) is 0 Å². The highest BCUT2D eigenvalue weighted by Crippen LogP contribution is 2.25. The molecule has 3 heteroatoms.